The normalized spacial score (nSPS) is 19.4. The smallest absolute Gasteiger partial charge is 0.0965 e. The Morgan fingerprint density at radius 2 is 1.62 bits per heavy atom. The molecule has 3 heteroatoms. The minimum absolute atomic E-state index is 0.0751. The lowest BCUT2D eigenvalue weighted by Crippen LogP contribution is -2.38. The van der Waals surface area contributed by atoms with Crippen LogP contribution < -0.4 is 11.1 Å². The molecule has 0 radical (unpaired) electrons. The number of nitrogens with zero attached hydrogens (tertiary/aromatic N) is 1. The Morgan fingerprint density at radius 1 is 0.845 bits per heavy atom. The van der Waals surface area contributed by atoms with E-state index in [1.807, 2.05) is 6.08 Å². The number of hydrogen-bond acceptors (Lipinski definition) is 2. The van der Waals surface area contributed by atoms with Crippen LogP contribution >= 0.6 is 0 Å². The van der Waals surface area contributed by atoms with Crippen LogP contribution in [0, 0.1) is 11.3 Å². The largest absolute Gasteiger partial charge is 0.366 e. The molecule has 9 rings (SSSR count). The fourth-order valence-corrected chi connectivity index (χ4v) is 9.11. The summed E-state index contributed by atoms with van der Waals surface area (Å²) in [7, 11) is 0. The third kappa shape index (κ3) is 6.76. The third-order valence-corrected chi connectivity index (χ3v) is 12.3. The van der Waals surface area contributed by atoms with Crippen LogP contribution in [0.4, 0.5) is 0 Å². The van der Waals surface area contributed by atoms with Gasteiger partial charge in [-0.3, -0.25) is 0 Å². The number of aromatic nitrogens is 1. The van der Waals surface area contributed by atoms with E-state index in [2.05, 4.69) is 207 Å². The van der Waals surface area contributed by atoms with Crippen LogP contribution in [0.15, 0.2) is 205 Å². The molecule has 58 heavy (non-hydrogen) atoms. The summed E-state index contributed by atoms with van der Waals surface area (Å²) in [5, 5.41) is 14.0. The molecule has 0 bridgehead atoms. The van der Waals surface area contributed by atoms with Gasteiger partial charge in [-0.15, -0.1) is 0 Å². The molecule has 286 valence electrons. The zero-order valence-corrected chi connectivity index (χ0v) is 33.8. The van der Waals surface area contributed by atoms with Gasteiger partial charge in [0.15, 0.2) is 0 Å². The molecule has 2 aliphatic rings. The van der Waals surface area contributed by atoms with E-state index in [4.69, 9.17) is 5.73 Å². The number of benzene rings is 6. The Morgan fingerprint density at radius 3 is 2.41 bits per heavy atom. The standard InChI is InChI=1S/C55H51N3/c1-5-42(55(4)33-13-6-14-34-55)30-27-38(3)54(56)57-49(41-20-15-17-37(2)35-41)32-28-39-18-16-21-43(36-39)58-50-26-12-11-25-48(50)52-51-44-22-8-7-19-40(44)29-31-46(51)45-23-9-10-24-47(45)53(52)58/h5-27,29-33,36-37,54,57H,1,28,34-35,56H2,2-4H3/b38-27+,42-30+,49-32-. The van der Waals surface area contributed by atoms with Crippen LogP contribution in [0.1, 0.15) is 39.2 Å². The van der Waals surface area contributed by atoms with E-state index in [-0.39, 0.29) is 11.6 Å². The number of allylic oxidation sites excluding steroid dienone is 13. The van der Waals surface area contributed by atoms with Gasteiger partial charge >= 0.3 is 0 Å². The van der Waals surface area contributed by atoms with Crippen LogP contribution in [0.2, 0.25) is 0 Å². The van der Waals surface area contributed by atoms with Crippen molar-refractivity contribution in [2.24, 2.45) is 17.1 Å². The Hall–Kier alpha value is -6.42. The third-order valence-electron chi connectivity index (χ3n) is 12.3. The second kappa shape index (κ2) is 15.5. The molecule has 2 aliphatic carbocycles. The first-order valence-corrected chi connectivity index (χ1v) is 20.6. The first-order valence-electron chi connectivity index (χ1n) is 20.6. The van der Waals surface area contributed by atoms with E-state index in [1.165, 1.54) is 70.8 Å². The molecule has 0 saturated carbocycles. The average molecular weight is 754 g/mol. The first-order chi connectivity index (χ1) is 28.3. The average Bonchev–Trinajstić information content (AvgIpc) is 3.61. The molecule has 0 aliphatic heterocycles. The maximum Gasteiger partial charge on any atom is 0.0965 e. The van der Waals surface area contributed by atoms with Crippen molar-refractivity contribution in [3.8, 4) is 5.69 Å². The zero-order valence-electron chi connectivity index (χ0n) is 33.8. The molecule has 3 N–H and O–H groups in total. The van der Waals surface area contributed by atoms with E-state index in [0.29, 0.717) is 5.92 Å². The van der Waals surface area contributed by atoms with Crippen LogP contribution in [0.3, 0.4) is 0 Å². The van der Waals surface area contributed by atoms with Crippen LogP contribution in [-0.2, 0) is 6.42 Å². The fraction of sp³-hybridized carbons (Fsp3) is 0.164. The summed E-state index contributed by atoms with van der Waals surface area (Å²) in [5.74, 6) is 0.455. The molecular weight excluding hydrogens is 703 g/mol. The Bertz CT molecular complexity index is 2980. The Kier molecular flexibility index (Phi) is 9.93. The van der Waals surface area contributed by atoms with Gasteiger partial charge in [0.1, 0.15) is 0 Å². The molecule has 6 aromatic carbocycles. The summed E-state index contributed by atoms with van der Waals surface area (Å²) in [6.45, 7) is 10.8. The highest BCUT2D eigenvalue weighted by Crippen LogP contribution is 2.45. The minimum atomic E-state index is -0.353. The van der Waals surface area contributed by atoms with Gasteiger partial charge in [0.05, 0.1) is 17.2 Å². The highest BCUT2D eigenvalue weighted by Gasteiger charge is 2.24. The molecular formula is C55H51N3. The van der Waals surface area contributed by atoms with Gasteiger partial charge < -0.3 is 15.6 Å². The van der Waals surface area contributed by atoms with E-state index < -0.39 is 0 Å². The molecule has 0 amide bonds. The van der Waals surface area contributed by atoms with Crippen molar-refractivity contribution in [2.75, 3.05) is 0 Å². The summed E-state index contributed by atoms with van der Waals surface area (Å²) in [5.41, 5.74) is 16.3. The van der Waals surface area contributed by atoms with Crippen molar-refractivity contribution in [1.29, 1.82) is 0 Å². The lowest BCUT2D eigenvalue weighted by atomic mass is 9.76. The summed E-state index contributed by atoms with van der Waals surface area (Å²) < 4.78 is 2.49. The van der Waals surface area contributed by atoms with Crippen LogP contribution in [0.25, 0.3) is 59.8 Å². The molecule has 3 nitrogen and oxygen atoms in total. The maximum absolute atomic E-state index is 6.93. The van der Waals surface area contributed by atoms with Gasteiger partial charge in [-0.1, -0.05) is 178 Å². The van der Waals surface area contributed by atoms with Crippen molar-refractivity contribution in [3.63, 3.8) is 0 Å². The number of para-hydroxylation sites is 1. The molecule has 3 unspecified atom stereocenters. The number of fused-ring (bicyclic) bond motifs is 10. The second-order valence-electron chi connectivity index (χ2n) is 16.3. The highest BCUT2D eigenvalue weighted by atomic mass is 15.0. The predicted molar refractivity (Wildman–Crippen MR) is 250 cm³/mol. The van der Waals surface area contributed by atoms with Crippen LogP contribution in [-0.4, -0.2) is 10.7 Å². The summed E-state index contributed by atoms with van der Waals surface area (Å²) >= 11 is 0. The van der Waals surface area contributed by atoms with Gasteiger partial charge in [-0.05, 0) is 94.1 Å². The van der Waals surface area contributed by atoms with Crippen molar-refractivity contribution < 1.29 is 0 Å². The highest BCUT2D eigenvalue weighted by molar-refractivity contribution is 6.36. The van der Waals surface area contributed by atoms with Crippen molar-refractivity contribution in [2.45, 2.75) is 46.2 Å². The molecule has 0 saturated heterocycles. The van der Waals surface area contributed by atoms with Gasteiger partial charge in [0.2, 0.25) is 0 Å². The molecule has 3 atom stereocenters. The Labute approximate surface area is 342 Å². The van der Waals surface area contributed by atoms with Crippen molar-refractivity contribution >= 4 is 54.1 Å². The SMILES string of the molecule is C=C/C(=C\C=C(/C)C(N)N/C(=C\Cc1cccc(-n2c3ccccc3c3c4c5ccccc5ccc4c4ccccc4c32)c1)C1=CC=CC(C)C1)C1(C)C=CC=CC1. The quantitative estimate of drug-likeness (QED) is 0.0830. The number of rotatable bonds is 10. The van der Waals surface area contributed by atoms with Gasteiger partial charge in [-0.2, -0.15) is 0 Å². The predicted octanol–water partition coefficient (Wildman–Crippen LogP) is 13.6. The van der Waals surface area contributed by atoms with Crippen molar-refractivity contribution in [3.05, 3.63) is 211 Å². The Balaban J connectivity index is 1.12. The minimum Gasteiger partial charge on any atom is -0.366 e. The van der Waals surface area contributed by atoms with E-state index in [0.717, 1.165) is 36.2 Å². The fourth-order valence-electron chi connectivity index (χ4n) is 9.11. The molecule has 7 aromatic rings. The maximum atomic E-state index is 6.93. The monoisotopic (exact) mass is 753 g/mol. The van der Waals surface area contributed by atoms with Gasteiger partial charge in [-0.25, -0.2) is 0 Å². The van der Waals surface area contributed by atoms with Gasteiger partial charge in [0.25, 0.3) is 0 Å². The summed E-state index contributed by atoms with van der Waals surface area (Å²) in [4.78, 5) is 0. The number of nitrogens with two attached hydrogens (primary N) is 1. The van der Waals surface area contributed by atoms with E-state index in [1.54, 1.807) is 0 Å². The van der Waals surface area contributed by atoms with Crippen LogP contribution in [0.5, 0.6) is 0 Å². The molecule has 1 heterocycles. The lowest BCUT2D eigenvalue weighted by molar-refractivity contribution is 0.530. The molecule has 0 fully saturated rings. The number of hydrogen-bond donors (Lipinski definition) is 2. The summed E-state index contributed by atoms with van der Waals surface area (Å²) in [6.07, 6.45) is 26.3. The zero-order chi connectivity index (χ0) is 39.8. The topological polar surface area (TPSA) is 43.0 Å². The van der Waals surface area contributed by atoms with Crippen molar-refractivity contribution in [1.82, 2.24) is 9.88 Å². The number of nitrogens with one attached hydrogen (secondary N) is 1. The first kappa shape index (κ1) is 37.2. The van der Waals surface area contributed by atoms with E-state index in [9.17, 15) is 0 Å². The van der Waals surface area contributed by atoms with Gasteiger partial charge in [0, 0.05) is 38.3 Å². The van der Waals surface area contributed by atoms with E-state index >= 15 is 0 Å². The summed E-state index contributed by atoms with van der Waals surface area (Å²) in [6, 6.07) is 40.3. The molecule has 0 spiro atoms. The molecule has 1 aromatic heterocycles. The lowest BCUT2D eigenvalue weighted by Gasteiger charge is -2.28. The second-order valence-corrected chi connectivity index (χ2v) is 16.3.